The van der Waals surface area contributed by atoms with Crippen LogP contribution in [0.15, 0.2) is 48.5 Å². The van der Waals surface area contributed by atoms with Gasteiger partial charge in [0.25, 0.3) is 0 Å². The molecule has 0 saturated heterocycles. The Labute approximate surface area is 169 Å². The van der Waals surface area contributed by atoms with E-state index in [0.717, 1.165) is 17.4 Å². The third-order valence-electron chi connectivity index (χ3n) is 3.57. The molecule has 8 heteroatoms. The van der Waals surface area contributed by atoms with Crippen molar-refractivity contribution in [1.29, 1.82) is 0 Å². The van der Waals surface area contributed by atoms with Crippen molar-refractivity contribution in [2.24, 2.45) is 0 Å². The number of nitrogens with one attached hydrogen (secondary N) is 2. The van der Waals surface area contributed by atoms with Crippen LogP contribution in [0.3, 0.4) is 0 Å². The first kappa shape index (κ1) is 21.3. The number of sulfonamides is 1. The Bertz CT molecular complexity index is 926. The average molecular weight is 427 g/mol. The fourth-order valence-corrected chi connectivity index (χ4v) is 3.15. The highest BCUT2D eigenvalue weighted by molar-refractivity contribution is 7.92. The standard InChI is InChI=1S/C19H20Cl2N2O3S/c1-27(25,26)23-16-8-4-14(5-9-16)7-11-19(24)22-12-2-3-15-6-10-17(20)18(21)13-15/h2-6,8-10,13,23H,7,11-12H2,1H3,(H,22,24)/b3-2+. The molecule has 2 rings (SSSR count). The molecule has 0 spiro atoms. The molecule has 0 aromatic heterocycles. The molecule has 2 aromatic carbocycles. The van der Waals surface area contributed by atoms with Gasteiger partial charge >= 0.3 is 0 Å². The minimum Gasteiger partial charge on any atom is -0.353 e. The van der Waals surface area contributed by atoms with E-state index >= 15 is 0 Å². The molecular weight excluding hydrogens is 407 g/mol. The number of hydrogen-bond acceptors (Lipinski definition) is 3. The van der Waals surface area contributed by atoms with Crippen LogP contribution in [-0.2, 0) is 21.2 Å². The summed E-state index contributed by atoms with van der Waals surface area (Å²) in [4.78, 5) is 11.9. The number of aryl methyl sites for hydroxylation is 1. The predicted octanol–water partition coefficient (Wildman–Crippen LogP) is 4.13. The molecule has 0 aliphatic rings. The summed E-state index contributed by atoms with van der Waals surface area (Å²) in [6.45, 7) is 0.413. The zero-order chi connectivity index (χ0) is 19.9. The fraction of sp³-hybridized carbons (Fsp3) is 0.211. The van der Waals surface area contributed by atoms with Crippen LogP contribution in [-0.4, -0.2) is 27.1 Å². The molecule has 1 amide bonds. The van der Waals surface area contributed by atoms with Gasteiger partial charge in [0.2, 0.25) is 15.9 Å². The van der Waals surface area contributed by atoms with Gasteiger partial charge in [-0.3, -0.25) is 9.52 Å². The van der Waals surface area contributed by atoms with Gasteiger partial charge < -0.3 is 5.32 Å². The summed E-state index contributed by atoms with van der Waals surface area (Å²) in [6, 6.07) is 12.3. The van der Waals surface area contributed by atoms with Crippen molar-refractivity contribution in [3.8, 4) is 0 Å². The highest BCUT2D eigenvalue weighted by Crippen LogP contribution is 2.23. The van der Waals surface area contributed by atoms with Gasteiger partial charge in [0.15, 0.2) is 0 Å². The molecule has 0 bridgehead atoms. The van der Waals surface area contributed by atoms with Gasteiger partial charge in [0, 0.05) is 18.7 Å². The van der Waals surface area contributed by atoms with Crippen LogP contribution in [0.25, 0.3) is 6.08 Å². The second-order valence-electron chi connectivity index (χ2n) is 5.95. The van der Waals surface area contributed by atoms with E-state index in [-0.39, 0.29) is 5.91 Å². The monoisotopic (exact) mass is 426 g/mol. The first-order valence-electron chi connectivity index (χ1n) is 8.18. The number of hydrogen-bond donors (Lipinski definition) is 2. The normalized spacial score (nSPS) is 11.5. The molecule has 27 heavy (non-hydrogen) atoms. The summed E-state index contributed by atoms with van der Waals surface area (Å²) in [6.07, 6.45) is 5.71. The minimum absolute atomic E-state index is 0.0628. The van der Waals surface area contributed by atoms with Crippen molar-refractivity contribution in [1.82, 2.24) is 5.32 Å². The Hall–Kier alpha value is -2.02. The summed E-state index contributed by atoms with van der Waals surface area (Å²) in [5.41, 5.74) is 2.36. The third-order valence-corrected chi connectivity index (χ3v) is 4.91. The Balaban J connectivity index is 1.74. The van der Waals surface area contributed by atoms with Gasteiger partial charge in [-0.2, -0.15) is 0 Å². The molecule has 0 heterocycles. The van der Waals surface area contributed by atoms with Crippen LogP contribution in [0.1, 0.15) is 17.5 Å². The third kappa shape index (κ3) is 8.03. The molecule has 2 N–H and O–H groups in total. The summed E-state index contributed by atoms with van der Waals surface area (Å²) >= 11 is 11.8. The van der Waals surface area contributed by atoms with Gasteiger partial charge in [-0.15, -0.1) is 0 Å². The number of amides is 1. The van der Waals surface area contributed by atoms with Crippen molar-refractivity contribution >= 4 is 50.9 Å². The Kier molecular flexibility index (Phi) is 7.71. The Morgan fingerprint density at radius 3 is 2.41 bits per heavy atom. The lowest BCUT2D eigenvalue weighted by Crippen LogP contribution is -2.23. The molecule has 0 atom stereocenters. The molecule has 0 aliphatic carbocycles. The predicted molar refractivity (Wildman–Crippen MR) is 112 cm³/mol. The molecule has 0 saturated carbocycles. The van der Waals surface area contributed by atoms with Crippen molar-refractivity contribution < 1.29 is 13.2 Å². The highest BCUT2D eigenvalue weighted by Gasteiger charge is 2.04. The molecule has 2 aromatic rings. The van der Waals surface area contributed by atoms with Crippen molar-refractivity contribution in [3.63, 3.8) is 0 Å². The molecule has 0 radical (unpaired) electrons. The number of anilines is 1. The molecule has 5 nitrogen and oxygen atoms in total. The van der Waals surface area contributed by atoms with Gasteiger partial charge in [0.05, 0.1) is 16.3 Å². The first-order valence-corrected chi connectivity index (χ1v) is 10.8. The number of halogens is 2. The van der Waals surface area contributed by atoms with Crippen LogP contribution in [0.4, 0.5) is 5.69 Å². The van der Waals surface area contributed by atoms with E-state index < -0.39 is 10.0 Å². The lowest BCUT2D eigenvalue weighted by Gasteiger charge is -2.06. The fourth-order valence-electron chi connectivity index (χ4n) is 2.28. The number of rotatable bonds is 8. The second kappa shape index (κ2) is 9.78. The van der Waals surface area contributed by atoms with E-state index in [4.69, 9.17) is 23.2 Å². The maximum atomic E-state index is 11.9. The summed E-state index contributed by atoms with van der Waals surface area (Å²) in [7, 11) is -3.29. The molecule has 0 aliphatic heterocycles. The van der Waals surface area contributed by atoms with Gasteiger partial charge in [0.1, 0.15) is 0 Å². The maximum absolute atomic E-state index is 11.9. The topological polar surface area (TPSA) is 75.3 Å². The summed E-state index contributed by atoms with van der Waals surface area (Å²) < 4.78 is 24.7. The van der Waals surface area contributed by atoms with Crippen LogP contribution in [0.5, 0.6) is 0 Å². The highest BCUT2D eigenvalue weighted by atomic mass is 35.5. The van der Waals surface area contributed by atoms with Crippen molar-refractivity contribution in [2.75, 3.05) is 17.5 Å². The summed E-state index contributed by atoms with van der Waals surface area (Å²) in [5, 5.41) is 3.80. The SMILES string of the molecule is CS(=O)(=O)Nc1ccc(CCC(=O)NC/C=C/c2ccc(Cl)c(Cl)c2)cc1. The number of carbonyl (C=O) groups is 1. The van der Waals surface area contributed by atoms with E-state index in [1.165, 1.54) is 0 Å². The molecular formula is C19H20Cl2N2O3S. The largest absolute Gasteiger partial charge is 0.353 e. The van der Waals surface area contributed by atoms with Gasteiger partial charge in [-0.25, -0.2) is 8.42 Å². The van der Waals surface area contributed by atoms with Gasteiger partial charge in [-0.05, 0) is 41.8 Å². The van der Waals surface area contributed by atoms with Gasteiger partial charge in [-0.1, -0.05) is 53.6 Å². The second-order valence-corrected chi connectivity index (χ2v) is 8.51. The zero-order valence-corrected chi connectivity index (χ0v) is 17.0. The molecule has 144 valence electrons. The van der Waals surface area contributed by atoms with Crippen LogP contribution in [0.2, 0.25) is 10.0 Å². The van der Waals surface area contributed by atoms with E-state index in [0.29, 0.717) is 35.1 Å². The number of benzene rings is 2. The minimum atomic E-state index is -3.29. The van der Waals surface area contributed by atoms with E-state index in [1.807, 2.05) is 18.2 Å². The number of carbonyl (C=O) groups excluding carboxylic acids is 1. The Morgan fingerprint density at radius 2 is 1.78 bits per heavy atom. The lowest BCUT2D eigenvalue weighted by atomic mass is 10.1. The average Bonchev–Trinajstić information content (AvgIpc) is 2.60. The zero-order valence-electron chi connectivity index (χ0n) is 14.7. The molecule has 0 fully saturated rings. The van der Waals surface area contributed by atoms with Crippen LogP contribution >= 0.6 is 23.2 Å². The van der Waals surface area contributed by atoms with E-state index in [9.17, 15) is 13.2 Å². The van der Waals surface area contributed by atoms with E-state index in [2.05, 4.69) is 10.0 Å². The lowest BCUT2D eigenvalue weighted by molar-refractivity contribution is -0.120. The van der Waals surface area contributed by atoms with Crippen molar-refractivity contribution in [2.45, 2.75) is 12.8 Å². The maximum Gasteiger partial charge on any atom is 0.229 e. The first-order chi connectivity index (χ1) is 12.7. The van der Waals surface area contributed by atoms with E-state index in [1.54, 1.807) is 36.4 Å². The quantitative estimate of drug-likeness (QED) is 0.665. The van der Waals surface area contributed by atoms with Crippen LogP contribution < -0.4 is 10.0 Å². The van der Waals surface area contributed by atoms with Crippen molar-refractivity contribution in [3.05, 3.63) is 69.7 Å². The molecule has 0 unspecified atom stereocenters. The Morgan fingerprint density at radius 1 is 1.07 bits per heavy atom. The smallest absolute Gasteiger partial charge is 0.229 e. The van der Waals surface area contributed by atoms with Crippen LogP contribution in [0, 0.1) is 0 Å². The summed E-state index contributed by atoms with van der Waals surface area (Å²) in [5.74, 6) is -0.0628.